The van der Waals surface area contributed by atoms with E-state index in [2.05, 4.69) is 0 Å². The van der Waals surface area contributed by atoms with Gasteiger partial charge in [-0.3, -0.25) is 4.79 Å². The highest BCUT2D eigenvalue weighted by molar-refractivity contribution is 6.33. The SMILES string of the molecule is COc1cc(C)c(CCC(=O)O)c(Cl)c1OC. The van der Waals surface area contributed by atoms with Crippen molar-refractivity contribution in [2.24, 2.45) is 0 Å². The molecule has 0 unspecified atom stereocenters. The maximum atomic E-state index is 10.6. The Kier molecular flexibility index (Phi) is 4.63. The molecule has 0 saturated carbocycles. The van der Waals surface area contributed by atoms with Crippen molar-refractivity contribution in [1.29, 1.82) is 0 Å². The van der Waals surface area contributed by atoms with Crippen LogP contribution in [0.5, 0.6) is 11.5 Å². The Labute approximate surface area is 105 Å². The summed E-state index contributed by atoms with van der Waals surface area (Å²) in [5.74, 6) is 0.143. The fourth-order valence-electron chi connectivity index (χ4n) is 1.65. The summed E-state index contributed by atoms with van der Waals surface area (Å²) in [7, 11) is 3.03. The van der Waals surface area contributed by atoms with Gasteiger partial charge < -0.3 is 14.6 Å². The van der Waals surface area contributed by atoms with Gasteiger partial charge in [0.1, 0.15) is 0 Å². The van der Waals surface area contributed by atoms with E-state index < -0.39 is 5.97 Å². The molecule has 0 spiro atoms. The van der Waals surface area contributed by atoms with Crippen molar-refractivity contribution in [3.63, 3.8) is 0 Å². The van der Waals surface area contributed by atoms with Gasteiger partial charge in [0.05, 0.1) is 19.2 Å². The van der Waals surface area contributed by atoms with Crippen molar-refractivity contribution in [3.05, 3.63) is 22.2 Å². The first kappa shape index (κ1) is 13.6. The molecule has 1 rings (SSSR count). The summed E-state index contributed by atoms with van der Waals surface area (Å²) in [6, 6.07) is 1.79. The van der Waals surface area contributed by atoms with E-state index in [0.29, 0.717) is 22.9 Å². The van der Waals surface area contributed by atoms with Crippen LogP contribution in [0.25, 0.3) is 0 Å². The second-order valence-electron chi connectivity index (χ2n) is 3.62. The third-order valence-electron chi connectivity index (χ3n) is 2.52. The van der Waals surface area contributed by atoms with Crippen molar-refractivity contribution in [2.75, 3.05) is 14.2 Å². The summed E-state index contributed by atoms with van der Waals surface area (Å²) in [5.41, 5.74) is 1.68. The number of carbonyl (C=O) groups is 1. The van der Waals surface area contributed by atoms with Gasteiger partial charge in [-0.2, -0.15) is 0 Å². The molecular formula is C12H15ClO4. The zero-order chi connectivity index (χ0) is 13.0. The lowest BCUT2D eigenvalue weighted by Crippen LogP contribution is -2.02. The van der Waals surface area contributed by atoms with Gasteiger partial charge in [-0.25, -0.2) is 0 Å². The Morgan fingerprint density at radius 3 is 2.53 bits per heavy atom. The van der Waals surface area contributed by atoms with Crippen LogP contribution in [-0.2, 0) is 11.2 Å². The molecule has 0 aliphatic heterocycles. The van der Waals surface area contributed by atoms with Gasteiger partial charge in [0.15, 0.2) is 11.5 Å². The van der Waals surface area contributed by atoms with Crippen molar-refractivity contribution in [3.8, 4) is 11.5 Å². The molecular weight excluding hydrogens is 244 g/mol. The lowest BCUT2D eigenvalue weighted by atomic mass is 10.0. The Morgan fingerprint density at radius 2 is 2.06 bits per heavy atom. The largest absolute Gasteiger partial charge is 0.493 e. The molecule has 0 atom stereocenters. The van der Waals surface area contributed by atoms with Gasteiger partial charge in [0.25, 0.3) is 0 Å². The molecule has 0 amide bonds. The lowest BCUT2D eigenvalue weighted by molar-refractivity contribution is -0.136. The molecule has 0 radical (unpaired) electrons. The highest BCUT2D eigenvalue weighted by atomic mass is 35.5. The molecule has 1 aromatic rings. The zero-order valence-electron chi connectivity index (χ0n) is 10.0. The summed E-state index contributed by atoms with van der Waals surface area (Å²) in [6.45, 7) is 1.87. The van der Waals surface area contributed by atoms with Crippen LogP contribution in [0.3, 0.4) is 0 Å². The number of methoxy groups -OCH3 is 2. The van der Waals surface area contributed by atoms with E-state index in [0.717, 1.165) is 11.1 Å². The quantitative estimate of drug-likeness (QED) is 0.882. The molecule has 4 nitrogen and oxygen atoms in total. The van der Waals surface area contributed by atoms with Crippen LogP contribution in [0.1, 0.15) is 17.5 Å². The Morgan fingerprint density at radius 1 is 1.41 bits per heavy atom. The van der Waals surface area contributed by atoms with E-state index in [-0.39, 0.29) is 6.42 Å². The first-order valence-corrected chi connectivity index (χ1v) is 5.50. The third kappa shape index (κ3) is 3.03. The summed E-state index contributed by atoms with van der Waals surface area (Å²) in [6.07, 6.45) is 0.413. The maximum Gasteiger partial charge on any atom is 0.303 e. The van der Waals surface area contributed by atoms with E-state index >= 15 is 0 Å². The van der Waals surface area contributed by atoms with Gasteiger partial charge in [-0.05, 0) is 30.5 Å². The number of aryl methyl sites for hydroxylation is 1. The molecule has 0 bridgehead atoms. The Balaban J connectivity index is 3.17. The van der Waals surface area contributed by atoms with Gasteiger partial charge in [-0.1, -0.05) is 11.6 Å². The summed E-state index contributed by atoms with van der Waals surface area (Å²) in [4.78, 5) is 10.6. The monoisotopic (exact) mass is 258 g/mol. The van der Waals surface area contributed by atoms with Crippen LogP contribution in [0.2, 0.25) is 5.02 Å². The fourth-order valence-corrected chi connectivity index (χ4v) is 2.06. The molecule has 1 N–H and O–H groups in total. The van der Waals surface area contributed by atoms with E-state index in [1.807, 2.05) is 6.92 Å². The van der Waals surface area contributed by atoms with Crippen molar-refractivity contribution in [2.45, 2.75) is 19.8 Å². The topological polar surface area (TPSA) is 55.8 Å². The molecule has 94 valence electrons. The summed E-state index contributed by atoms with van der Waals surface area (Å²) in [5, 5.41) is 9.11. The van der Waals surface area contributed by atoms with Crippen LogP contribution in [0.15, 0.2) is 6.07 Å². The number of carboxylic acids is 1. The smallest absolute Gasteiger partial charge is 0.303 e. The Bertz CT molecular complexity index is 429. The van der Waals surface area contributed by atoms with E-state index in [1.165, 1.54) is 14.2 Å². The highest BCUT2D eigenvalue weighted by Crippen LogP contribution is 2.39. The molecule has 0 fully saturated rings. The number of carboxylic acid groups (broad SMARTS) is 1. The fraction of sp³-hybridized carbons (Fsp3) is 0.417. The van der Waals surface area contributed by atoms with E-state index in [4.69, 9.17) is 26.2 Å². The van der Waals surface area contributed by atoms with Gasteiger partial charge in [-0.15, -0.1) is 0 Å². The minimum absolute atomic E-state index is 0.0377. The molecule has 0 aliphatic rings. The molecule has 0 aliphatic carbocycles. The number of hydrogen-bond acceptors (Lipinski definition) is 3. The highest BCUT2D eigenvalue weighted by Gasteiger charge is 2.16. The molecule has 17 heavy (non-hydrogen) atoms. The molecule has 1 aromatic carbocycles. The number of rotatable bonds is 5. The average Bonchev–Trinajstić information content (AvgIpc) is 2.27. The standard InChI is InChI=1S/C12H15ClO4/c1-7-6-9(16-2)12(17-3)11(13)8(7)4-5-10(14)15/h6H,4-5H2,1-3H3,(H,14,15). The second-order valence-corrected chi connectivity index (χ2v) is 3.99. The number of ether oxygens (including phenoxy) is 2. The van der Waals surface area contributed by atoms with Crippen molar-refractivity contribution >= 4 is 17.6 Å². The van der Waals surface area contributed by atoms with Gasteiger partial charge in [0, 0.05) is 6.42 Å². The van der Waals surface area contributed by atoms with Gasteiger partial charge >= 0.3 is 5.97 Å². The zero-order valence-corrected chi connectivity index (χ0v) is 10.8. The number of aliphatic carboxylic acids is 1. The predicted octanol–water partition coefficient (Wildman–Crippen LogP) is 2.68. The second kappa shape index (κ2) is 5.77. The lowest BCUT2D eigenvalue weighted by Gasteiger charge is -2.15. The molecule has 0 aromatic heterocycles. The maximum absolute atomic E-state index is 10.6. The van der Waals surface area contributed by atoms with E-state index in [1.54, 1.807) is 6.07 Å². The first-order chi connectivity index (χ1) is 8.01. The minimum Gasteiger partial charge on any atom is -0.493 e. The number of hydrogen-bond donors (Lipinski definition) is 1. The van der Waals surface area contributed by atoms with Crippen LogP contribution in [0, 0.1) is 6.92 Å². The van der Waals surface area contributed by atoms with E-state index in [9.17, 15) is 4.79 Å². The van der Waals surface area contributed by atoms with Crippen molar-refractivity contribution < 1.29 is 19.4 Å². The van der Waals surface area contributed by atoms with Crippen molar-refractivity contribution in [1.82, 2.24) is 0 Å². The van der Waals surface area contributed by atoms with Crippen LogP contribution in [0.4, 0.5) is 0 Å². The summed E-state index contributed by atoms with van der Waals surface area (Å²) >= 11 is 6.18. The first-order valence-electron chi connectivity index (χ1n) is 5.13. The van der Waals surface area contributed by atoms with Crippen LogP contribution in [-0.4, -0.2) is 25.3 Å². The minimum atomic E-state index is -0.852. The van der Waals surface area contributed by atoms with Crippen LogP contribution >= 0.6 is 11.6 Å². The number of benzene rings is 1. The third-order valence-corrected chi connectivity index (χ3v) is 2.92. The molecule has 5 heteroatoms. The van der Waals surface area contributed by atoms with Gasteiger partial charge in [0.2, 0.25) is 0 Å². The molecule has 0 saturated heterocycles. The number of halogens is 1. The average molecular weight is 259 g/mol. The summed E-state index contributed by atoms with van der Waals surface area (Å²) < 4.78 is 10.3. The Hall–Kier alpha value is -1.42. The predicted molar refractivity (Wildman–Crippen MR) is 65.2 cm³/mol. The normalized spacial score (nSPS) is 10.1. The van der Waals surface area contributed by atoms with Crippen LogP contribution < -0.4 is 9.47 Å². The molecule has 0 heterocycles.